The molecule has 0 aromatic rings. The van der Waals surface area contributed by atoms with Gasteiger partial charge in [-0.05, 0) is 38.5 Å². The molecule has 1 N–H and O–H groups in total. The highest BCUT2D eigenvalue weighted by Crippen LogP contribution is 2.18. The summed E-state index contributed by atoms with van der Waals surface area (Å²) in [4.78, 5) is 28.3. The largest absolute Gasteiger partial charge is 0.342 e. The molecule has 0 radical (unpaired) electrons. The Morgan fingerprint density at radius 1 is 1.00 bits per heavy atom. The molecule has 0 aliphatic carbocycles. The van der Waals surface area contributed by atoms with E-state index in [1.54, 1.807) is 0 Å². The molecule has 2 aliphatic heterocycles. The summed E-state index contributed by atoms with van der Waals surface area (Å²) in [6.45, 7) is 7.49. The van der Waals surface area contributed by atoms with Crippen LogP contribution in [0.15, 0.2) is 0 Å². The zero-order chi connectivity index (χ0) is 15.2. The quantitative estimate of drug-likeness (QED) is 0.864. The number of nitrogens with one attached hydrogen (secondary N) is 1. The van der Waals surface area contributed by atoms with Gasteiger partial charge in [-0.1, -0.05) is 13.8 Å². The standard InChI is InChI=1S/C16H29N3O2/c1-3-13(4-2)15(20)18-11-7-14(8-12-18)17-16(21)19-9-5-6-10-19/h13-14H,3-12H2,1-2H3,(H,17,21). The summed E-state index contributed by atoms with van der Waals surface area (Å²) in [5, 5.41) is 3.13. The monoisotopic (exact) mass is 295 g/mol. The van der Waals surface area contributed by atoms with Gasteiger partial charge in [-0.25, -0.2) is 4.79 Å². The maximum absolute atomic E-state index is 12.3. The van der Waals surface area contributed by atoms with E-state index in [-0.39, 0.29) is 18.0 Å². The maximum atomic E-state index is 12.3. The number of urea groups is 1. The van der Waals surface area contributed by atoms with Crippen LogP contribution in [-0.4, -0.2) is 54.0 Å². The molecular formula is C16H29N3O2. The number of rotatable bonds is 4. The van der Waals surface area contributed by atoms with Crippen molar-refractivity contribution >= 4 is 11.9 Å². The molecule has 2 rings (SSSR count). The average Bonchev–Trinajstić information content (AvgIpc) is 3.03. The van der Waals surface area contributed by atoms with Crippen molar-refractivity contribution in [2.75, 3.05) is 26.2 Å². The molecule has 0 bridgehead atoms. The molecule has 0 aromatic heterocycles. The molecule has 0 spiro atoms. The molecule has 0 saturated carbocycles. The first-order chi connectivity index (χ1) is 10.2. The number of nitrogens with zero attached hydrogens (tertiary/aromatic N) is 2. The average molecular weight is 295 g/mol. The van der Waals surface area contributed by atoms with E-state index in [2.05, 4.69) is 19.2 Å². The molecule has 2 saturated heterocycles. The third kappa shape index (κ3) is 4.11. The Kier molecular flexibility index (Phi) is 5.88. The fourth-order valence-electron chi connectivity index (χ4n) is 3.33. The summed E-state index contributed by atoms with van der Waals surface area (Å²) >= 11 is 0. The van der Waals surface area contributed by atoms with Gasteiger partial charge in [0.1, 0.15) is 0 Å². The number of hydrogen-bond donors (Lipinski definition) is 1. The molecule has 5 nitrogen and oxygen atoms in total. The van der Waals surface area contributed by atoms with Crippen LogP contribution in [0.2, 0.25) is 0 Å². The van der Waals surface area contributed by atoms with Gasteiger partial charge in [0, 0.05) is 38.1 Å². The first-order valence-corrected chi connectivity index (χ1v) is 8.49. The third-order valence-electron chi connectivity index (χ3n) is 4.86. The molecule has 2 aliphatic rings. The predicted octanol–water partition coefficient (Wildman–Crippen LogP) is 2.22. The van der Waals surface area contributed by atoms with E-state index in [4.69, 9.17) is 0 Å². The van der Waals surface area contributed by atoms with Crippen LogP contribution < -0.4 is 5.32 Å². The van der Waals surface area contributed by atoms with Crippen molar-refractivity contribution in [3.05, 3.63) is 0 Å². The number of likely N-dealkylation sites (tertiary alicyclic amines) is 2. The highest BCUT2D eigenvalue weighted by Gasteiger charge is 2.28. The van der Waals surface area contributed by atoms with Gasteiger partial charge in [-0.3, -0.25) is 4.79 Å². The SMILES string of the molecule is CCC(CC)C(=O)N1CCC(NC(=O)N2CCCC2)CC1. The number of amides is 3. The van der Waals surface area contributed by atoms with Crippen LogP contribution in [0.1, 0.15) is 52.4 Å². The predicted molar refractivity (Wildman–Crippen MR) is 83.0 cm³/mol. The molecule has 0 atom stereocenters. The van der Waals surface area contributed by atoms with Crippen molar-refractivity contribution in [1.82, 2.24) is 15.1 Å². The summed E-state index contributed by atoms with van der Waals surface area (Å²) in [6, 6.07) is 0.307. The van der Waals surface area contributed by atoms with Crippen LogP contribution in [0.3, 0.4) is 0 Å². The third-order valence-corrected chi connectivity index (χ3v) is 4.86. The van der Waals surface area contributed by atoms with E-state index in [0.29, 0.717) is 5.91 Å². The van der Waals surface area contributed by atoms with Crippen LogP contribution in [0, 0.1) is 5.92 Å². The lowest BCUT2D eigenvalue weighted by molar-refractivity contribution is -0.136. The molecule has 0 aromatic carbocycles. The minimum atomic E-state index is 0.0808. The molecule has 5 heteroatoms. The van der Waals surface area contributed by atoms with Crippen LogP contribution in [0.5, 0.6) is 0 Å². The fraction of sp³-hybridized carbons (Fsp3) is 0.875. The van der Waals surface area contributed by atoms with Gasteiger partial charge < -0.3 is 15.1 Å². The van der Waals surface area contributed by atoms with Gasteiger partial charge in [-0.15, -0.1) is 0 Å². The zero-order valence-electron chi connectivity index (χ0n) is 13.4. The molecule has 3 amide bonds. The molecule has 0 unspecified atom stereocenters. The fourth-order valence-corrected chi connectivity index (χ4v) is 3.33. The lowest BCUT2D eigenvalue weighted by Gasteiger charge is -2.35. The second-order valence-electron chi connectivity index (χ2n) is 6.26. The summed E-state index contributed by atoms with van der Waals surface area (Å²) in [7, 11) is 0. The van der Waals surface area contributed by atoms with Crippen LogP contribution >= 0.6 is 0 Å². The number of hydrogen-bond acceptors (Lipinski definition) is 2. The van der Waals surface area contributed by atoms with Crippen molar-refractivity contribution < 1.29 is 9.59 Å². The van der Waals surface area contributed by atoms with E-state index < -0.39 is 0 Å². The van der Waals surface area contributed by atoms with Crippen molar-refractivity contribution in [2.45, 2.75) is 58.4 Å². The van der Waals surface area contributed by atoms with Crippen molar-refractivity contribution in [3.63, 3.8) is 0 Å². The normalized spacial score (nSPS) is 20.1. The summed E-state index contributed by atoms with van der Waals surface area (Å²) in [5.74, 6) is 0.463. The summed E-state index contributed by atoms with van der Waals surface area (Å²) < 4.78 is 0. The Hall–Kier alpha value is -1.26. The molecule has 120 valence electrons. The zero-order valence-corrected chi connectivity index (χ0v) is 13.4. The van der Waals surface area contributed by atoms with Crippen molar-refractivity contribution in [3.8, 4) is 0 Å². The van der Waals surface area contributed by atoms with E-state index >= 15 is 0 Å². The lowest BCUT2D eigenvalue weighted by atomic mass is 9.98. The van der Waals surface area contributed by atoms with Crippen LogP contribution in [0.4, 0.5) is 4.79 Å². The smallest absolute Gasteiger partial charge is 0.317 e. The maximum Gasteiger partial charge on any atom is 0.317 e. The topological polar surface area (TPSA) is 52.7 Å². The Balaban J connectivity index is 1.75. The van der Waals surface area contributed by atoms with Crippen LogP contribution in [-0.2, 0) is 4.79 Å². The first-order valence-electron chi connectivity index (χ1n) is 8.49. The van der Waals surface area contributed by atoms with Crippen molar-refractivity contribution in [1.29, 1.82) is 0 Å². The van der Waals surface area contributed by atoms with Gasteiger partial charge >= 0.3 is 6.03 Å². The Bertz CT molecular complexity index is 355. The number of carbonyl (C=O) groups excluding carboxylic acids is 2. The Morgan fingerprint density at radius 2 is 1.57 bits per heavy atom. The van der Waals surface area contributed by atoms with Gasteiger partial charge in [0.05, 0.1) is 0 Å². The molecule has 2 fully saturated rings. The van der Waals surface area contributed by atoms with E-state index in [9.17, 15) is 9.59 Å². The molecular weight excluding hydrogens is 266 g/mol. The van der Waals surface area contributed by atoms with Gasteiger partial charge in [0.15, 0.2) is 0 Å². The summed E-state index contributed by atoms with van der Waals surface area (Å²) in [6.07, 6.45) is 5.84. The minimum Gasteiger partial charge on any atom is -0.342 e. The number of piperidine rings is 1. The summed E-state index contributed by atoms with van der Waals surface area (Å²) in [5.41, 5.74) is 0. The lowest BCUT2D eigenvalue weighted by Crippen LogP contribution is -2.50. The Morgan fingerprint density at radius 3 is 2.10 bits per heavy atom. The van der Waals surface area contributed by atoms with Crippen LogP contribution in [0.25, 0.3) is 0 Å². The van der Waals surface area contributed by atoms with Gasteiger partial charge in [0.2, 0.25) is 5.91 Å². The van der Waals surface area contributed by atoms with E-state index in [1.165, 1.54) is 0 Å². The van der Waals surface area contributed by atoms with Gasteiger partial charge in [0.25, 0.3) is 0 Å². The van der Waals surface area contributed by atoms with Crippen molar-refractivity contribution in [2.24, 2.45) is 5.92 Å². The molecule has 2 heterocycles. The highest BCUT2D eigenvalue weighted by atomic mass is 16.2. The van der Waals surface area contributed by atoms with Gasteiger partial charge in [-0.2, -0.15) is 0 Å². The minimum absolute atomic E-state index is 0.0808. The second-order valence-corrected chi connectivity index (χ2v) is 6.26. The Labute approximate surface area is 128 Å². The van der Waals surface area contributed by atoms with E-state index in [1.807, 2.05) is 9.80 Å². The first kappa shape index (κ1) is 16.1. The highest BCUT2D eigenvalue weighted by molar-refractivity contribution is 5.79. The number of carbonyl (C=O) groups is 2. The second kappa shape index (κ2) is 7.66. The van der Waals surface area contributed by atoms with E-state index in [0.717, 1.165) is 64.7 Å². The molecule has 21 heavy (non-hydrogen) atoms.